The van der Waals surface area contributed by atoms with E-state index in [2.05, 4.69) is 9.97 Å². The van der Waals surface area contributed by atoms with Gasteiger partial charge in [-0.3, -0.25) is 4.79 Å². The summed E-state index contributed by atoms with van der Waals surface area (Å²) in [6, 6.07) is 5.35. The lowest BCUT2D eigenvalue weighted by molar-refractivity contribution is 0.103. The molecule has 0 N–H and O–H groups in total. The number of fused-ring (bicyclic) bond motifs is 1. The number of ketones is 1. The van der Waals surface area contributed by atoms with Gasteiger partial charge in [0.1, 0.15) is 5.75 Å². The fraction of sp³-hybridized carbons (Fsp3) is 0.267. The molecule has 0 radical (unpaired) electrons. The van der Waals surface area contributed by atoms with Crippen LogP contribution in [0.1, 0.15) is 21.6 Å². The van der Waals surface area contributed by atoms with Crippen LogP contribution in [-0.2, 0) is 6.42 Å². The second-order valence-electron chi connectivity index (χ2n) is 4.52. The van der Waals surface area contributed by atoms with Gasteiger partial charge in [-0.05, 0) is 23.8 Å². The van der Waals surface area contributed by atoms with Gasteiger partial charge in [-0.2, -0.15) is 4.98 Å². The smallest absolute Gasteiger partial charge is 0.247 e. The van der Waals surface area contributed by atoms with E-state index in [1.807, 2.05) is 6.07 Å². The van der Waals surface area contributed by atoms with Crippen molar-refractivity contribution in [3.8, 4) is 17.5 Å². The highest BCUT2D eigenvalue weighted by Gasteiger charge is 2.21. The zero-order chi connectivity index (χ0) is 14.8. The first-order valence-electron chi connectivity index (χ1n) is 6.48. The third kappa shape index (κ3) is 2.40. The molecule has 3 rings (SSSR count). The zero-order valence-corrected chi connectivity index (χ0v) is 11.8. The predicted octanol–water partition coefficient (Wildman–Crippen LogP) is 1.66. The second kappa shape index (κ2) is 5.40. The van der Waals surface area contributed by atoms with Crippen LogP contribution in [0.25, 0.3) is 0 Å². The summed E-state index contributed by atoms with van der Waals surface area (Å²) in [5.41, 5.74) is 1.73. The molecular weight excluding hydrogens is 272 g/mol. The number of ether oxygens (including phenoxy) is 3. The largest absolute Gasteiger partial charge is 0.493 e. The molecule has 1 aliphatic rings. The third-order valence-corrected chi connectivity index (χ3v) is 3.29. The molecule has 0 atom stereocenters. The molecule has 0 saturated carbocycles. The second-order valence-corrected chi connectivity index (χ2v) is 4.52. The number of hydrogen-bond donors (Lipinski definition) is 0. The SMILES string of the molecule is COc1cnc(C(=O)c2ccc3c(c2)CCO3)c(OC)n1. The van der Waals surface area contributed by atoms with Crippen molar-refractivity contribution in [2.24, 2.45) is 0 Å². The maximum atomic E-state index is 12.6. The minimum Gasteiger partial charge on any atom is -0.493 e. The summed E-state index contributed by atoms with van der Waals surface area (Å²) in [5.74, 6) is 1.04. The molecule has 0 saturated heterocycles. The minimum atomic E-state index is -0.239. The Hall–Kier alpha value is -2.63. The van der Waals surface area contributed by atoms with Crippen LogP contribution < -0.4 is 14.2 Å². The first-order chi connectivity index (χ1) is 10.2. The highest BCUT2D eigenvalue weighted by atomic mass is 16.5. The van der Waals surface area contributed by atoms with E-state index in [1.165, 1.54) is 20.4 Å². The quantitative estimate of drug-likeness (QED) is 0.796. The molecule has 1 aromatic carbocycles. The number of benzene rings is 1. The zero-order valence-electron chi connectivity index (χ0n) is 11.8. The van der Waals surface area contributed by atoms with Gasteiger partial charge in [-0.25, -0.2) is 4.98 Å². The molecule has 6 heteroatoms. The fourth-order valence-corrected chi connectivity index (χ4v) is 2.22. The molecule has 2 heterocycles. The predicted molar refractivity (Wildman–Crippen MR) is 74.2 cm³/mol. The third-order valence-electron chi connectivity index (χ3n) is 3.29. The number of hydrogen-bond acceptors (Lipinski definition) is 6. The van der Waals surface area contributed by atoms with Gasteiger partial charge in [0.2, 0.25) is 17.5 Å². The van der Waals surface area contributed by atoms with Crippen molar-refractivity contribution in [3.05, 3.63) is 41.2 Å². The Balaban J connectivity index is 1.98. The number of rotatable bonds is 4. The van der Waals surface area contributed by atoms with E-state index >= 15 is 0 Å². The van der Waals surface area contributed by atoms with Gasteiger partial charge in [-0.15, -0.1) is 0 Å². The van der Waals surface area contributed by atoms with Crippen molar-refractivity contribution in [1.82, 2.24) is 9.97 Å². The molecular formula is C15H14N2O4. The van der Waals surface area contributed by atoms with E-state index in [0.29, 0.717) is 18.1 Å². The highest BCUT2D eigenvalue weighted by molar-refractivity contribution is 6.09. The van der Waals surface area contributed by atoms with Gasteiger partial charge >= 0.3 is 0 Å². The molecule has 1 aliphatic heterocycles. The van der Waals surface area contributed by atoms with E-state index in [1.54, 1.807) is 12.1 Å². The van der Waals surface area contributed by atoms with Gasteiger partial charge < -0.3 is 14.2 Å². The molecule has 0 unspecified atom stereocenters. The number of carbonyl (C=O) groups is 1. The normalized spacial score (nSPS) is 12.5. The van der Waals surface area contributed by atoms with E-state index in [9.17, 15) is 4.79 Å². The summed E-state index contributed by atoms with van der Waals surface area (Å²) in [4.78, 5) is 20.7. The maximum Gasteiger partial charge on any atom is 0.247 e. The van der Waals surface area contributed by atoms with Crippen LogP contribution in [0, 0.1) is 0 Å². The summed E-state index contributed by atoms with van der Waals surface area (Å²) < 4.78 is 15.5. The van der Waals surface area contributed by atoms with Gasteiger partial charge in [0.05, 0.1) is 27.0 Å². The van der Waals surface area contributed by atoms with Crippen molar-refractivity contribution in [1.29, 1.82) is 0 Å². The van der Waals surface area contributed by atoms with Crippen LogP contribution in [0.2, 0.25) is 0 Å². The van der Waals surface area contributed by atoms with Crippen molar-refractivity contribution in [2.45, 2.75) is 6.42 Å². The number of nitrogens with zero attached hydrogens (tertiary/aromatic N) is 2. The fourth-order valence-electron chi connectivity index (χ4n) is 2.22. The molecule has 2 aromatic rings. The van der Waals surface area contributed by atoms with Crippen LogP contribution >= 0.6 is 0 Å². The monoisotopic (exact) mass is 286 g/mol. The molecule has 21 heavy (non-hydrogen) atoms. The Morgan fingerprint density at radius 3 is 2.90 bits per heavy atom. The van der Waals surface area contributed by atoms with E-state index in [-0.39, 0.29) is 17.4 Å². The van der Waals surface area contributed by atoms with Gasteiger partial charge in [-0.1, -0.05) is 0 Å². The standard InChI is InChI=1S/C15H14N2O4/c1-19-12-8-16-13(15(17-12)20-2)14(18)10-3-4-11-9(7-10)5-6-21-11/h3-4,7-8H,5-6H2,1-2H3. The van der Waals surface area contributed by atoms with Crippen LogP contribution in [0.5, 0.6) is 17.5 Å². The molecule has 0 amide bonds. The van der Waals surface area contributed by atoms with Crippen LogP contribution in [0.15, 0.2) is 24.4 Å². The first kappa shape index (κ1) is 13.4. The van der Waals surface area contributed by atoms with Crippen molar-refractivity contribution in [2.75, 3.05) is 20.8 Å². The van der Waals surface area contributed by atoms with Crippen molar-refractivity contribution >= 4 is 5.78 Å². The molecule has 108 valence electrons. The molecule has 6 nitrogen and oxygen atoms in total. The first-order valence-corrected chi connectivity index (χ1v) is 6.48. The topological polar surface area (TPSA) is 70.5 Å². The molecule has 0 bridgehead atoms. The molecule has 0 spiro atoms. The Bertz CT molecular complexity index is 700. The van der Waals surface area contributed by atoms with E-state index < -0.39 is 0 Å². The average Bonchev–Trinajstić information content (AvgIpc) is 3.01. The lowest BCUT2D eigenvalue weighted by atomic mass is 10.0. The lowest BCUT2D eigenvalue weighted by Crippen LogP contribution is -2.09. The van der Waals surface area contributed by atoms with Gasteiger partial charge in [0.25, 0.3) is 0 Å². The summed E-state index contributed by atoms with van der Waals surface area (Å²) in [5, 5.41) is 0. The molecule has 1 aromatic heterocycles. The maximum absolute atomic E-state index is 12.6. The highest BCUT2D eigenvalue weighted by Crippen LogP contribution is 2.28. The number of methoxy groups -OCH3 is 2. The molecule has 0 fully saturated rings. The summed E-state index contributed by atoms with van der Waals surface area (Å²) >= 11 is 0. The van der Waals surface area contributed by atoms with Gasteiger partial charge in [0.15, 0.2) is 5.69 Å². The Labute approximate surface area is 121 Å². The summed E-state index contributed by atoms with van der Waals surface area (Å²) in [6.07, 6.45) is 2.20. The van der Waals surface area contributed by atoms with Crippen LogP contribution in [0.3, 0.4) is 0 Å². The van der Waals surface area contributed by atoms with Crippen molar-refractivity contribution in [3.63, 3.8) is 0 Å². The summed E-state index contributed by atoms with van der Waals surface area (Å²) in [7, 11) is 2.92. The molecule has 0 aliphatic carbocycles. The Kier molecular flexibility index (Phi) is 3.43. The van der Waals surface area contributed by atoms with E-state index in [4.69, 9.17) is 14.2 Å². The number of aromatic nitrogens is 2. The lowest BCUT2D eigenvalue weighted by Gasteiger charge is -2.08. The van der Waals surface area contributed by atoms with Crippen LogP contribution in [0.4, 0.5) is 0 Å². The van der Waals surface area contributed by atoms with Crippen molar-refractivity contribution < 1.29 is 19.0 Å². The Morgan fingerprint density at radius 1 is 1.29 bits per heavy atom. The van der Waals surface area contributed by atoms with E-state index in [0.717, 1.165) is 17.7 Å². The van der Waals surface area contributed by atoms with Crippen LogP contribution in [-0.4, -0.2) is 36.6 Å². The summed E-state index contributed by atoms with van der Waals surface area (Å²) in [6.45, 7) is 0.651. The van der Waals surface area contributed by atoms with Gasteiger partial charge in [0, 0.05) is 12.0 Å². The number of carbonyl (C=O) groups excluding carboxylic acids is 1. The average molecular weight is 286 g/mol. The Morgan fingerprint density at radius 2 is 2.14 bits per heavy atom. The minimum absolute atomic E-state index is 0.149.